The Bertz CT molecular complexity index is 628. The molecule has 0 fully saturated rings. The number of nitrogens with one attached hydrogen (secondary N) is 2. The van der Waals surface area contributed by atoms with Crippen LogP contribution in [0.4, 0.5) is 0 Å². The predicted octanol–water partition coefficient (Wildman–Crippen LogP) is 2.50. The summed E-state index contributed by atoms with van der Waals surface area (Å²) in [5.74, 6) is -0.143. The van der Waals surface area contributed by atoms with E-state index in [1.165, 1.54) is 0 Å². The molecule has 5 nitrogen and oxygen atoms in total. The fourth-order valence-corrected chi connectivity index (χ4v) is 2.27. The maximum atomic E-state index is 12.3. The standard InChI is InChI=1S/C15H19ClN4O.ClH/c1-3-17-8-9-18-15(21)12-10-20(2)19-14(12)11-6-4-5-7-13(11)16;/h4-7,10,17H,3,8-9H2,1-2H3,(H,18,21);1H. The van der Waals surface area contributed by atoms with Crippen LogP contribution in [0.1, 0.15) is 17.3 Å². The molecule has 0 saturated heterocycles. The van der Waals surface area contributed by atoms with E-state index in [4.69, 9.17) is 11.6 Å². The number of nitrogens with zero attached hydrogens (tertiary/aromatic N) is 2. The van der Waals surface area contributed by atoms with Gasteiger partial charge in [-0.25, -0.2) is 0 Å². The molecule has 2 rings (SSSR count). The van der Waals surface area contributed by atoms with Gasteiger partial charge in [0.15, 0.2) is 0 Å². The molecular formula is C15H20Cl2N4O. The zero-order valence-electron chi connectivity index (χ0n) is 12.6. The largest absolute Gasteiger partial charge is 0.351 e. The summed E-state index contributed by atoms with van der Waals surface area (Å²) >= 11 is 6.20. The number of carbonyl (C=O) groups excluding carboxylic acids is 1. The van der Waals surface area contributed by atoms with E-state index in [1.807, 2.05) is 25.1 Å². The minimum absolute atomic E-state index is 0. The minimum Gasteiger partial charge on any atom is -0.351 e. The van der Waals surface area contributed by atoms with E-state index in [9.17, 15) is 4.79 Å². The van der Waals surface area contributed by atoms with Crippen molar-refractivity contribution in [3.05, 3.63) is 41.0 Å². The Kier molecular flexibility index (Phi) is 7.38. The SMILES string of the molecule is CCNCCNC(=O)c1cn(C)nc1-c1ccccc1Cl.Cl. The van der Waals surface area contributed by atoms with Crippen molar-refractivity contribution in [3.63, 3.8) is 0 Å². The second kappa shape index (κ2) is 8.78. The van der Waals surface area contributed by atoms with Gasteiger partial charge in [-0.05, 0) is 12.6 Å². The van der Waals surface area contributed by atoms with Gasteiger partial charge in [-0.3, -0.25) is 9.48 Å². The predicted molar refractivity (Wildman–Crippen MR) is 91.8 cm³/mol. The van der Waals surface area contributed by atoms with Gasteiger partial charge in [-0.15, -0.1) is 12.4 Å². The number of aromatic nitrogens is 2. The lowest BCUT2D eigenvalue weighted by Gasteiger charge is -2.06. The summed E-state index contributed by atoms with van der Waals surface area (Å²) in [5.41, 5.74) is 1.89. The molecule has 22 heavy (non-hydrogen) atoms. The molecule has 120 valence electrons. The van der Waals surface area contributed by atoms with Gasteiger partial charge in [0.2, 0.25) is 0 Å². The first-order valence-corrected chi connectivity index (χ1v) is 7.28. The fraction of sp³-hybridized carbons (Fsp3) is 0.333. The van der Waals surface area contributed by atoms with Crippen LogP contribution in [-0.2, 0) is 7.05 Å². The number of hydrogen-bond donors (Lipinski definition) is 2. The third-order valence-electron chi connectivity index (χ3n) is 3.04. The Morgan fingerprint density at radius 1 is 1.32 bits per heavy atom. The molecule has 0 atom stereocenters. The minimum atomic E-state index is -0.143. The summed E-state index contributed by atoms with van der Waals surface area (Å²) in [7, 11) is 1.79. The van der Waals surface area contributed by atoms with Gasteiger partial charge in [0.25, 0.3) is 5.91 Å². The Morgan fingerprint density at radius 2 is 2.05 bits per heavy atom. The Labute approximate surface area is 141 Å². The molecule has 0 spiro atoms. The number of likely N-dealkylation sites (N-methyl/N-ethyl adjacent to an activating group) is 1. The second-order valence-electron chi connectivity index (χ2n) is 4.65. The van der Waals surface area contributed by atoms with Crippen molar-refractivity contribution in [1.82, 2.24) is 20.4 Å². The molecule has 0 aliphatic heterocycles. The molecule has 0 saturated carbocycles. The normalized spacial score (nSPS) is 10.1. The number of aryl methyl sites for hydroxylation is 1. The van der Waals surface area contributed by atoms with E-state index in [0.29, 0.717) is 22.8 Å². The van der Waals surface area contributed by atoms with Crippen LogP contribution in [0.15, 0.2) is 30.5 Å². The summed E-state index contributed by atoms with van der Waals surface area (Å²) in [6.45, 7) is 4.22. The molecule has 0 aliphatic carbocycles. The lowest BCUT2D eigenvalue weighted by Crippen LogP contribution is -2.31. The van der Waals surface area contributed by atoms with Crippen LogP contribution in [-0.4, -0.2) is 35.3 Å². The van der Waals surface area contributed by atoms with E-state index in [-0.39, 0.29) is 18.3 Å². The van der Waals surface area contributed by atoms with E-state index >= 15 is 0 Å². The number of rotatable bonds is 6. The summed E-state index contributed by atoms with van der Waals surface area (Å²) in [5, 5.41) is 11.0. The quantitative estimate of drug-likeness (QED) is 0.793. The lowest BCUT2D eigenvalue weighted by atomic mass is 10.1. The molecule has 1 aromatic heterocycles. The average Bonchev–Trinajstić information content (AvgIpc) is 2.86. The van der Waals surface area contributed by atoms with Crippen molar-refractivity contribution in [2.75, 3.05) is 19.6 Å². The van der Waals surface area contributed by atoms with Gasteiger partial charge in [0, 0.05) is 31.9 Å². The average molecular weight is 343 g/mol. The highest BCUT2D eigenvalue weighted by atomic mass is 35.5. The number of halogens is 2. The topological polar surface area (TPSA) is 58.9 Å². The van der Waals surface area contributed by atoms with E-state index in [0.717, 1.165) is 18.7 Å². The molecule has 0 aliphatic rings. The van der Waals surface area contributed by atoms with E-state index in [1.54, 1.807) is 24.0 Å². The van der Waals surface area contributed by atoms with Crippen LogP contribution in [0.2, 0.25) is 5.02 Å². The zero-order chi connectivity index (χ0) is 15.2. The molecule has 0 radical (unpaired) electrons. The second-order valence-corrected chi connectivity index (χ2v) is 5.06. The van der Waals surface area contributed by atoms with Crippen molar-refractivity contribution in [2.45, 2.75) is 6.92 Å². The molecule has 1 amide bonds. The third-order valence-corrected chi connectivity index (χ3v) is 3.37. The van der Waals surface area contributed by atoms with Crippen molar-refractivity contribution in [2.24, 2.45) is 7.05 Å². The van der Waals surface area contributed by atoms with Gasteiger partial charge in [-0.2, -0.15) is 5.10 Å². The van der Waals surface area contributed by atoms with Crippen molar-refractivity contribution < 1.29 is 4.79 Å². The zero-order valence-corrected chi connectivity index (χ0v) is 14.2. The van der Waals surface area contributed by atoms with Crippen molar-refractivity contribution >= 4 is 29.9 Å². The highest BCUT2D eigenvalue weighted by molar-refractivity contribution is 6.33. The maximum Gasteiger partial charge on any atom is 0.255 e. The molecule has 0 unspecified atom stereocenters. The number of amides is 1. The first-order valence-electron chi connectivity index (χ1n) is 6.91. The summed E-state index contributed by atoms with van der Waals surface area (Å²) in [6, 6.07) is 7.38. The van der Waals surface area contributed by atoms with Crippen LogP contribution >= 0.6 is 24.0 Å². The highest BCUT2D eigenvalue weighted by Gasteiger charge is 2.18. The van der Waals surface area contributed by atoms with E-state index in [2.05, 4.69) is 15.7 Å². The van der Waals surface area contributed by atoms with Crippen molar-refractivity contribution in [3.8, 4) is 11.3 Å². The summed E-state index contributed by atoms with van der Waals surface area (Å²) < 4.78 is 1.62. The van der Waals surface area contributed by atoms with Crippen molar-refractivity contribution in [1.29, 1.82) is 0 Å². The number of carbonyl (C=O) groups is 1. The van der Waals surface area contributed by atoms with Crippen LogP contribution < -0.4 is 10.6 Å². The lowest BCUT2D eigenvalue weighted by molar-refractivity contribution is 0.0954. The van der Waals surface area contributed by atoms with Gasteiger partial charge in [0.05, 0.1) is 10.6 Å². The fourth-order valence-electron chi connectivity index (χ4n) is 2.04. The Morgan fingerprint density at radius 3 is 2.73 bits per heavy atom. The van der Waals surface area contributed by atoms with Gasteiger partial charge in [0.1, 0.15) is 5.69 Å². The molecule has 7 heteroatoms. The first kappa shape index (κ1) is 18.5. The van der Waals surface area contributed by atoms with Gasteiger partial charge in [-0.1, -0.05) is 36.7 Å². The van der Waals surface area contributed by atoms with Gasteiger partial charge >= 0.3 is 0 Å². The number of hydrogen-bond acceptors (Lipinski definition) is 3. The smallest absolute Gasteiger partial charge is 0.255 e. The summed E-state index contributed by atoms with van der Waals surface area (Å²) in [4.78, 5) is 12.3. The number of benzene rings is 1. The van der Waals surface area contributed by atoms with Crippen LogP contribution in [0, 0.1) is 0 Å². The van der Waals surface area contributed by atoms with Crippen LogP contribution in [0.25, 0.3) is 11.3 Å². The molecule has 1 heterocycles. The third kappa shape index (κ3) is 4.47. The Balaban J connectivity index is 0.00000242. The van der Waals surface area contributed by atoms with Crippen LogP contribution in [0.5, 0.6) is 0 Å². The first-order chi connectivity index (χ1) is 10.1. The molecule has 0 bridgehead atoms. The molecule has 2 N–H and O–H groups in total. The molecule has 1 aromatic carbocycles. The molecular weight excluding hydrogens is 323 g/mol. The highest BCUT2D eigenvalue weighted by Crippen LogP contribution is 2.28. The maximum absolute atomic E-state index is 12.3. The Hall–Kier alpha value is -1.56. The monoisotopic (exact) mass is 342 g/mol. The summed E-state index contributed by atoms with van der Waals surface area (Å²) in [6.07, 6.45) is 1.71. The van der Waals surface area contributed by atoms with Gasteiger partial charge < -0.3 is 10.6 Å². The van der Waals surface area contributed by atoms with E-state index < -0.39 is 0 Å². The van der Waals surface area contributed by atoms with Crippen LogP contribution in [0.3, 0.4) is 0 Å². The molecule has 2 aromatic rings.